The summed E-state index contributed by atoms with van der Waals surface area (Å²) < 4.78 is 17.8. The Morgan fingerprint density at radius 2 is 1.95 bits per heavy atom. The van der Waals surface area contributed by atoms with Crippen molar-refractivity contribution in [3.63, 3.8) is 0 Å². The van der Waals surface area contributed by atoms with Crippen LogP contribution in [-0.4, -0.2) is 15.1 Å². The summed E-state index contributed by atoms with van der Waals surface area (Å²) in [4.78, 5) is 20.1. The molecule has 3 rings (SSSR count). The molecule has 5 nitrogen and oxygen atoms in total. The number of aromatic amines is 1. The average Bonchev–Trinajstić information content (AvgIpc) is 2.82. The molecule has 0 bridgehead atoms. The van der Waals surface area contributed by atoms with E-state index in [9.17, 15) is 9.18 Å². The zero-order valence-corrected chi connectivity index (χ0v) is 10.6. The van der Waals surface area contributed by atoms with Crippen LogP contribution in [0.25, 0.3) is 22.5 Å². The van der Waals surface area contributed by atoms with Gasteiger partial charge in [-0.3, -0.25) is 0 Å². The second-order valence-electron chi connectivity index (χ2n) is 4.24. The molecule has 2 heterocycles. The molecule has 6 heteroatoms. The highest BCUT2D eigenvalue weighted by Gasteiger charge is 2.17. The number of aryl methyl sites for hydroxylation is 1. The summed E-state index contributed by atoms with van der Waals surface area (Å²) in [6.45, 7) is 1.75. The van der Waals surface area contributed by atoms with E-state index in [0.717, 1.165) is 0 Å². The van der Waals surface area contributed by atoms with Crippen molar-refractivity contribution in [3.05, 3.63) is 58.6 Å². The Hall–Kier alpha value is -2.76. The van der Waals surface area contributed by atoms with Gasteiger partial charge in [-0.2, -0.15) is 0 Å². The van der Waals surface area contributed by atoms with Crippen LogP contribution in [0.2, 0.25) is 0 Å². The first-order valence-electron chi connectivity index (χ1n) is 5.92. The number of aromatic nitrogens is 3. The molecule has 0 aliphatic carbocycles. The lowest BCUT2D eigenvalue weighted by Crippen LogP contribution is -1.98. The van der Waals surface area contributed by atoms with E-state index < -0.39 is 5.63 Å². The number of hydrogen-bond donors (Lipinski definition) is 1. The van der Waals surface area contributed by atoms with Crippen molar-refractivity contribution >= 4 is 0 Å². The zero-order valence-electron chi connectivity index (χ0n) is 10.6. The molecule has 3 aromatic rings. The van der Waals surface area contributed by atoms with Gasteiger partial charge >= 0.3 is 5.63 Å². The van der Waals surface area contributed by atoms with Crippen molar-refractivity contribution in [3.8, 4) is 22.5 Å². The third-order valence-corrected chi connectivity index (χ3v) is 2.86. The minimum absolute atomic E-state index is 0.322. The van der Waals surface area contributed by atoms with Gasteiger partial charge in [-0.15, -0.1) is 0 Å². The molecule has 100 valence electrons. The zero-order chi connectivity index (χ0) is 14.1. The topological polar surface area (TPSA) is 71.8 Å². The van der Waals surface area contributed by atoms with Gasteiger partial charge in [-0.1, -0.05) is 12.1 Å². The first-order valence-corrected chi connectivity index (χ1v) is 5.92. The Kier molecular flexibility index (Phi) is 2.90. The van der Waals surface area contributed by atoms with Gasteiger partial charge in [0.15, 0.2) is 0 Å². The third-order valence-electron chi connectivity index (χ3n) is 2.86. The molecule has 2 aromatic heterocycles. The van der Waals surface area contributed by atoms with E-state index in [4.69, 9.17) is 4.52 Å². The molecule has 0 atom stereocenters. The van der Waals surface area contributed by atoms with Crippen LogP contribution < -0.4 is 5.63 Å². The van der Waals surface area contributed by atoms with Gasteiger partial charge in [-0.25, -0.2) is 24.3 Å². The summed E-state index contributed by atoms with van der Waals surface area (Å²) in [5.41, 5.74) is 1.36. The quantitative estimate of drug-likeness (QED) is 0.777. The predicted molar refractivity (Wildman–Crippen MR) is 70.5 cm³/mol. The van der Waals surface area contributed by atoms with E-state index >= 15 is 0 Å². The van der Waals surface area contributed by atoms with Gasteiger partial charge in [0.2, 0.25) is 0 Å². The SMILES string of the molecule is Cc1nccc(-c2[nH]oc(=O)c2-c2ccc(F)cc2)n1. The Labute approximate surface area is 113 Å². The molecule has 0 radical (unpaired) electrons. The molecule has 0 fully saturated rings. The predicted octanol–water partition coefficient (Wildman–Crippen LogP) is 2.54. The fourth-order valence-electron chi connectivity index (χ4n) is 1.96. The number of nitrogens with one attached hydrogen (secondary N) is 1. The highest BCUT2D eigenvalue weighted by atomic mass is 19.1. The van der Waals surface area contributed by atoms with Crippen LogP contribution in [0, 0.1) is 12.7 Å². The van der Waals surface area contributed by atoms with Crippen molar-refractivity contribution in [1.82, 2.24) is 15.1 Å². The Balaban J connectivity index is 2.20. The highest BCUT2D eigenvalue weighted by molar-refractivity contribution is 5.77. The van der Waals surface area contributed by atoms with Crippen molar-refractivity contribution in [1.29, 1.82) is 0 Å². The maximum Gasteiger partial charge on any atom is 0.365 e. The molecule has 0 unspecified atom stereocenters. The molecule has 0 aliphatic heterocycles. The van der Waals surface area contributed by atoms with E-state index in [-0.39, 0.29) is 5.82 Å². The second-order valence-corrected chi connectivity index (χ2v) is 4.24. The first kappa shape index (κ1) is 12.3. The van der Waals surface area contributed by atoms with E-state index in [1.165, 1.54) is 24.3 Å². The molecule has 0 spiro atoms. The molecular formula is C14H10FN3O2. The van der Waals surface area contributed by atoms with Gasteiger partial charge in [-0.05, 0) is 30.7 Å². The number of benzene rings is 1. The summed E-state index contributed by atoms with van der Waals surface area (Å²) in [6.07, 6.45) is 1.59. The molecule has 0 aliphatic rings. The van der Waals surface area contributed by atoms with Crippen LogP contribution in [0.4, 0.5) is 4.39 Å². The minimum atomic E-state index is -0.525. The van der Waals surface area contributed by atoms with E-state index in [2.05, 4.69) is 15.1 Å². The van der Waals surface area contributed by atoms with Crippen molar-refractivity contribution in [2.24, 2.45) is 0 Å². The monoisotopic (exact) mass is 271 g/mol. The van der Waals surface area contributed by atoms with Crippen molar-refractivity contribution < 1.29 is 8.91 Å². The maximum atomic E-state index is 13.0. The van der Waals surface area contributed by atoms with Gasteiger partial charge < -0.3 is 4.52 Å². The van der Waals surface area contributed by atoms with Crippen LogP contribution in [0.3, 0.4) is 0 Å². The lowest BCUT2D eigenvalue weighted by atomic mass is 10.0. The fourth-order valence-corrected chi connectivity index (χ4v) is 1.96. The van der Waals surface area contributed by atoms with Crippen molar-refractivity contribution in [2.45, 2.75) is 6.92 Å². The molecule has 0 saturated heterocycles. The lowest BCUT2D eigenvalue weighted by Gasteiger charge is -2.01. The fraction of sp³-hybridized carbons (Fsp3) is 0.0714. The molecule has 1 aromatic carbocycles. The highest BCUT2D eigenvalue weighted by Crippen LogP contribution is 2.26. The van der Waals surface area contributed by atoms with Crippen LogP contribution in [-0.2, 0) is 0 Å². The molecule has 0 saturated carbocycles. The first-order chi connectivity index (χ1) is 9.65. The van der Waals surface area contributed by atoms with Crippen LogP contribution in [0.15, 0.2) is 45.8 Å². The lowest BCUT2D eigenvalue weighted by molar-refractivity contribution is 0.394. The third kappa shape index (κ3) is 2.11. The Bertz CT molecular complexity index is 806. The smallest absolute Gasteiger partial charge is 0.338 e. The van der Waals surface area contributed by atoms with Crippen LogP contribution in [0.5, 0.6) is 0 Å². The van der Waals surface area contributed by atoms with Crippen LogP contribution >= 0.6 is 0 Å². The number of H-pyrrole nitrogens is 1. The summed E-state index contributed by atoms with van der Waals surface area (Å²) in [5, 5.41) is 2.56. The molecule has 1 N–H and O–H groups in total. The molecule has 20 heavy (non-hydrogen) atoms. The van der Waals surface area contributed by atoms with E-state index in [1.54, 1.807) is 19.2 Å². The number of hydrogen-bond acceptors (Lipinski definition) is 4. The number of rotatable bonds is 2. The van der Waals surface area contributed by atoms with Gasteiger partial charge in [0.25, 0.3) is 0 Å². The summed E-state index contributed by atoms with van der Waals surface area (Å²) in [5.74, 6) is 0.211. The Morgan fingerprint density at radius 3 is 2.65 bits per heavy atom. The minimum Gasteiger partial charge on any atom is -0.338 e. The second kappa shape index (κ2) is 4.73. The maximum absolute atomic E-state index is 13.0. The van der Waals surface area contributed by atoms with Gasteiger partial charge in [0, 0.05) is 6.20 Å². The van der Waals surface area contributed by atoms with E-state index in [0.29, 0.717) is 28.3 Å². The summed E-state index contributed by atoms with van der Waals surface area (Å²) >= 11 is 0. The van der Waals surface area contributed by atoms with E-state index in [1.807, 2.05) is 0 Å². The average molecular weight is 271 g/mol. The number of nitrogens with zero attached hydrogens (tertiary/aromatic N) is 2. The van der Waals surface area contributed by atoms with Gasteiger partial charge in [0.1, 0.15) is 17.3 Å². The van der Waals surface area contributed by atoms with Crippen LogP contribution in [0.1, 0.15) is 5.82 Å². The Morgan fingerprint density at radius 1 is 1.20 bits per heavy atom. The summed E-state index contributed by atoms with van der Waals surface area (Å²) in [7, 11) is 0. The largest absolute Gasteiger partial charge is 0.365 e. The van der Waals surface area contributed by atoms with Crippen molar-refractivity contribution in [2.75, 3.05) is 0 Å². The van der Waals surface area contributed by atoms with Gasteiger partial charge in [0.05, 0.1) is 11.3 Å². The molecular weight excluding hydrogens is 261 g/mol. The number of halogens is 1. The standard InChI is InChI=1S/C14H10FN3O2/c1-8-16-7-6-11(17-8)13-12(14(19)20-18-13)9-2-4-10(15)5-3-9/h2-7,18H,1H3. The summed E-state index contributed by atoms with van der Waals surface area (Å²) in [6, 6.07) is 7.29. The normalized spacial score (nSPS) is 10.7. The molecule has 0 amide bonds.